The number of para-hydroxylation sites is 2. The number of hydrogen-bond donors (Lipinski definition) is 0. The van der Waals surface area contributed by atoms with Crippen LogP contribution in [0, 0.1) is 6.92 Å². The first-order valence-corrected chi connectivity index (χ1v) is 11.9. The summed E-state index contributed by atoms with van der Waals surface area (Å²) in [6.45, 7) is 16.0. The zero-order chi connectivity index (χ0) is 23.5. The van der Waals surface area contributed by atoms with Crippen LogP contribution in [0.4, 0.5) is 0 Å². The van der Waals surface area contributed by atoms with E-state index < -0.39 is 0 Å². The molecule has 2 heterocycles. The van der Waals surface area contributed by atoms with Crippen molar-refractivity contribution in [3.63, 3.8) is 0 Å². The molecule has 3 aromatic carbocycles. The van der Waals surface area contributed by atoms with E-state index in [0.29, 0.717) is 0 Å². The van der Waals surface area contributed by atoms with Gasteiger partial charge in [-0.3, -0.25) is 0 Å². The van der Waals surface area contributed by atoms with Crippen molar-refractivity contribution in [2.45, 2.75) is 59.3 Å². The summed E-state index contributed by atoms with van der Waals surface area (Å²) in [5.74, 6) is 0. The van der Waals surface area contributed by atoms with Crippen molar-refractivity contribution in [1.29, 1.82) is 0 Å². The van der Waals surface area contributed by atoms with Gasteiger partial charge < -0.3 is 9.13 Å². The Balaban J connectivity index is 1.83. The molecule has 0 aliphatic rings. The van der Waals surface area contributed by atoms with Gasteiger partial charge in [-0.25, -0.2) is 0 Å². The minimum Gasteiger partial charge on any atom is -0.313 e. The summed E-state index contributed by atoms with van der Waals surface area (Å²) in [5, 5.41) is 2.57. The van der Waals surface area contributed by atoms with E-state index in [-0.39, 0.29) is 10.8 Å². The molecule has 2 aromatic heterocycles. The van der Waals surface area contributed by atoms with Crippen molar-refractivity contribution < 1.29 is 0 Å². The number of rotatable bonds is 2. The molecule has 33 heavy (non-hydrogen) atoms. The van der Waals surface area contributed by atoms with E-state index in [0.717, 1.165) is 0 Å². The molecule has 0 fully saturated rings. The summed E-state index contributed by atoms with van der Waals surface area (Å²) in [7, 11) is 0. The Morgan fingerprint density at radius 1 is 0.515 bits per heavy atom. The summed E-state index contributed by atoms with van der Waals surface area (Å²) in [6.07, 6.45) is 0. The molecule has 0 radical (unpaired) electrons. The van der Waals surface area contributed by atoms with Crippen LogP contribution in [0.2, 0.25) is 0 Å². The second-order valence-corrected chi connectivity index (χ2v) is 11.4. The minimum absolute atomic E-state index is 0.0274. The van der Waals surface area contributed by atoms with E-state index in [1.807, 2.05) is 0 Å². The third kappa shape index (κ3) is 3.68. The number of fused-ring (bicyclic) bond motifs is 2. The van der Waals surface area contributed by atoms with E-state index in [4.69, 9.17) is 0 Å². The van der Waals surface area contributed by atoms with E-state index in [1.165, 1.54) is 50.1 Å². The van der Waals surface area contributed by atoms with Crippen molar-refractivity contribution in [2.75, 3.05) is 0 Å². The van der Waals surface area contributed by atoms with E-state index in [9.17, 15) is 0 Å². The molecule has 0 aliphatic carbocycles. The lowest BCUT2D eigenvalue weighted by atomic mass is 9.91. The van der Waals surface area contributed by atoms with Crippen LogP contribution in [0.25, 0.3) is 33.2 Å². The highest BCUT2D eigenvalue weighted by Gasteiger charge is 2.24. The van der Waals surface area contributed by atoms with Crippen molar-refractivity contribution >= 4 is 21.8 Å². The fourth-order valence-corrected chi connectivity index (χ4v) is 4.97. The molecule has 0 N–H and O–H groups in total. The molecule has 0 bridgehead atoms. The van der Waals surface area contributed by atoms with Crippen molar-refractivity contribution in [2.24, 2.45) is 0 Å². The fraction of sp³-hybridized carbons (Fsp3) is 0.290. The number of nitrogens with zero attached hydrogens (tertiary/aromatic N) is 2. The lowest BCUT2D eigenvalue weighted by Gasteiger charge is -2.25. The summed E-state index contributed by atoms with van der Waals surface area (Å²) < 4.78 is 4.91. The zero-order valence-electron chi connectivity index (χ0n) is 20.9. The maximum atomic E-state index is 2.45. The zero-order valence-corrected chi connectivity index (χ0v) is 20.9. The van der Waals surface area contributed by atoms with Crippen LogP contribution in [0.15, 0.2) is 78.9 Å². The van der Waals surface area contributed by atoms with Gasteiger partial charge in [0.2, 0.25) is 0 Å². The Morgan fingerprint density at radius 3 is 1.30 bits per heavy atom. The predicted octanol–water partition coefficient (Wildman–Crippen LogP) is 8.48. The predicted molar refractivity (Wildman–Crippen MR) is 142 cm³/mol. The Hall–Kier alpha value is -3.26. The third-order valence-electron chi connectivity index (χ3n) is 6.52. The van der Waals surface area contributed by atoms with Gasteiger partial charge in [0.05, 0.1) is 11.0 Å². The third-order valence-corrected chi connectivity index (χ3v) is 6.52. The first kappa shape index (κ1) is 21.6. The monoisotopic (exact) mass is 434 g/mol. The maximum absolute atomic E-state index is 2.45. The Bertz CT molecular complexity index is 1370. The number of aromatic nitrogens is 2. The van der Waals surface area contributed by atoms with Gasteiger partial charge in [0.1, 0.15) is 0 Å². The van der Waals surface area contributed by atoms with Gasteiger partial charge >= 0.3 is 0 Å². The lowest BCUT2D eigenvalue weighted by Crippen LogP contribution is -2.18. The molecule has 0 saturated carbocycles. The molecular weight excluding hydrogens is 400 g/mol. The van der Waals surface area contributed by atoms with Crippen LogP contribution in [0.3, 0.4) is 0 Å². The van der Waals surface area contributed by atoms with Gasteiger partial charge in [-0.1, -0.05) is 77.9 Å². The average molecular weight is 435 g/mol. The molecule has 0 amide bonds. The van der Waals surface area contributed by atoms with Crippen molar-refractivity contribution in [3.05, 3.63) is 95.8 Å². The Labute approximate surface area is 197 Å². The van der Waals surface area contributed by atoms with Gasteiger partial charge in [-0.15, -0.1) is 0 Å². The second-order valence-electron chi connectivity index (χ2n) is 11.4. The quantitative estimate of drug-likeness (QED) is 0.264. The molecule has 0 atom stereocenters. The summed E-state index contributed by atoms with van der Waals surface area (Å²) in [6, 6.07) is 29.1. The number of benzene rings is 3. The van der Waals surface area contributed by atoms with E-state index >= 15 is 0 Å². The van der Waals surface area contributed by atoms with Crippen LogP contribution >= 0.6 is 0 Å². The standard InChI is InChI=1S/C31H34N2/c1-21-16-24(32-26-14-10-8-12-22(26)18-28(32)30(2,3)4)20-25(17-21)33-27-15-11-9-13-23(27)19-29(33)31(5,6)7/h8-20H,1-7H3. The molecule has 0 spiro atoms. The molecule has 0 saturated heterocycles. The van der Waals surface area contributed by atoms with E-state index in [2.05, 4.69) is 136 Å². The molecule has 0 unspecified atom stereocenters. The highest BCUT2D eigenvalue weighted by atomic mass is 15.0. The van der Waals surface area contributed by atoms with Gasteiger partial charge in [0.25, 0.3) is 0 Å². The molecule has 5 rings (SSSR count). The maximum Gasteiger partial charge on any atom is 0.0531 e. The molecule has 2 heteroatoms. The van der Waals surface area contributed by atoms with Crippen molar-refractivity contribution in [3.8, 4) is 11.4 Å². The Morgan fingerprint density at radius 2 is 0.909 bits per heavy atom. The molecule has 168 valence electrons. The Kier molecular flexibility index (Phi) is 4.83. The fourth-order valence-electron chi connectivity index (χ4n) is 4.97. The van der Waals surface area contributed by atoms with Crippen LogP contribution in [0.5, 0.6) is 0 Å². The second kappa shape index (κ2) is 7.38. The van der Waals surface area contributed by atoms with Gasteiger partial charge in [0.15, 0.2) is 0 Å². The smallest absolute Gasteiger partial charge is 0.0531 e. The molecule has 5 aromatic rings. The van der Waals surface area contributed by atoms with Gasteiger partial charge in [-0.05, 0) is 55.0 Å². The first-order chi connectivity index (χ1) is 15.5. The number of aryl methyl sites for hydroxylation is 1. The summed E-state index contributed by atoms with van der Waals surface area (Å²) >= 11 is 0. The van der Waals surface area contributed by atoms with Gasteiger partial charge in [0, 0.05) is 44.4 Å². The molecular formula is C31H34N2. The number of hydrogen-bond acceptors (Lipinski definition) is 0. The molecule has 0 aliphatic heterocycles. The van der Waals surface area contributed by atoms with Crippen molar-refractivity contribution in [1.82, 2.24) is 9.13 Å². The SMILES string of the molecule is Cc1cc(-n2c(C(C)(C)C)cc3ccccc32)cc(-n2c(C(C)(C)C)cc3ccccc32)c1. The normalized spacial score (nSPS) is 12.7. The van der Waals surface area contributed by atoms with Crippen LogP contribution in [-0.4, -0.2) is 9.13 Å². The minimum atomic E-state index is 0.0274. The van der Waals surface area contributed by atoms with Crippen LogP contribution < -0.4 is 0 Å². The summed E-state index contributed by atoms with van der Waals surface area (Å²) in [5.41, 5.74) is 8.92. The van der Waals surface area contributed by atoms with Gasteiger partial charge in [-0.2, -0.15) is 0 Å². The highest BCUT2D eigenvalue weighted by molar-refractivity contribution is 5.85. The summed E-state index contributed by atoms with van der Waals surface area (Å²) in [4.78, 5) is 0. The largest absolute Gasteiger partial charge is 0.313 e. The van der Waals surface area contributed by atoms with Crippen LogP contribution in [0.1, 0.15) is 58.5 Å². The first-order valence-electron chi connectivity index (χ1n) is 11.9. The lowest BCUT2D eigenvalue weighted by molar-refractivity contribution is 0.558. The molecule has 2 nitrogen and oxygen atoms in total. The van der Waals surface area contributed by atoms with Crippen LogP contribution in [-0.2, 0) is 10.8 Å². The highest BCUT2D eigenvalue weighted by Crippen LogP contribution is 2.36. The van der Waals surface area contributed by atoms with E-state index in [1.54, 1.807) is 0 Å². The topological polar surface area (TPSA) is 9.86 Å². The average Bonchev–Trinajstić information content (AvgIpc) is 3.32.